The number of cyclic esters (lactones) is 1. The fourth-order valence-electron chi connectivity index (χ4n) is 2.05. The van der Waals surface area contributed by atoms with Gasteiger partial charge in [0.1, 0.15) is 0 Å². The third-order valence-electron chi connectivity index (χ3n) is 2.97. The predicted octanol–water partition coefficient (Wildman–Crippen LogP) is 2.81. The van der Waals surface area contributed by atoms with Gasteiger partial charge in [0.15, 0.2) is 5.92 Å². The summed E-state index contributed by atoms with van der Waals surface area (Å²) in [5.41, 5.74) is 0.735. The van der Waals surface area contributed by atoms with Crippen LogP contribution in [0.4, 0.5) is 0 Å². The molecule has 0 aromatic heterocycles. The molecule has 0 aliphatic carbocycles. The molecule has 1 aromatic carbocycles. The normalized spacial score (nSPS) is 22.2. The predicted molar refractivity (Wildman–Crippen MR) is 70.3 cm³/mol. The number of benzene rings is 1. The molecule has 19 heavy (non-hydrogen) atoms. The van der Waals surface area contributed by atoms with Gasteiger partial charge in [-0.2, -0.15) is 0 Å². The molecule has 1 saturated heterocycles. The maximum atomic E-state index is 11.8. The van der Waals surface area contributed by atoms with Gasteiger partial charge in [-0.25, -0.2) is 0 Å². The zero-order chi connectivity index (χ0) is 14.0. The van der Waals surface area contributed by atoms with E-state index in [0.29, 0.717) is 10.0 Å². The Bertz CT molecular complexity index is 515. The van der Waals surface area contributed by atoms with Crippen LogP contribution in [0.3, 0.4) is 0 Å². The van der Waals surface area contributed by atoms with E-state index in [9.17, 15) is 9.59 Å². The highest BCUT2D eigenvalue weighted by Crippen LogP contribution is 2.35. The first kappa shape index (κ1) is 14.2. The molecule has 1 aliphatic rings. The molecular weight excluding hydrogens is 291 g/mol. The van der Waals surface area contributed by atoms with Gasteiger partial charge in [-0.3, -0.25) is 9.59 Å². The van der Waals surface area contributed by atoms with Crippen LogP contribution in [0.2, 0.25) is 10.0 Å². The molecule has 2 rings (SSSR count). The monoisotopic (exact) mass is 302 g/mol. The Balaban J connectivity index is 2.29. The molecule has 1 aromatic rings. The van der Waals surface area contributed by atoms with Crippen molar-refractivity contribution in [1.82, 2.24) is 0 Å². The Kier molecular flexibility index (Phi) is 4.32. The van der Waals surface area contributed by atoms with Crippen LogP contribution in [0, 0.1) is 5.92 Å². The Labute approximate surface area is 120 Å². The van der Waals surface area contributed by atoms with E-state index >= 15 is 0 Å². The Morgan fingerprint density at radius 1 is 1.42 bits per heavy atom. The van der Waals surface area contributed by atoms with Crippen LogP contribution in [-0.2, 0) is 19.1 Å². The quantitative estimate of drug-likeness (QED) is 0.636. The summed E-state index contributed by atoms with van der Waals surface area (Å²) in [7, 11) is 0. The average Bonchev–Trinajstić information content (AvgIpc) is 2.75. The molecule has 0 bridgehead atoms. The molecule has 0 amide bonds. The van der Waals surface area contributed by atoms with Crippen LogP contribution in [0.5, 0.6) is 0 Å². The number of rotatable bonds is 3. The second kappa shape index (κ2) is 5.80. The van der Waals surface area contributed by atoms with Crippen LogP contribution in [0.15, 0.2) is 18.2 Å². The van der Waals surface area contributed by atoms with Crippen LogP contribution >= 0.6 is 23.2 Å². The molecule has 4 nitrogen and oxygen atoms in total. The summed E-state index contributed by atoms with van der Waals surface area (Å²) >= 11 is 11.8. The van der Waals surface area contributed by atoms with Gasteiger partial charge in [0.25, 0.3) is 0 Å². The van der Waals surface area contributed by atoms with E-state index < -0.39 is 17.9 Å². The second-order valence-electron chi connectivity index (χ2n) is 4.14. The lowest BCUT2D eigenvalue weighted by Gasteiger charge is -2.14. The Morgan fingerprint density at radius 3 is 2.79 bits per heavy atom. The average molecular weight is 303 g/mol. The SMILES string of the molecule is CCOC(=O)[C@H]1C(=O)OC[C@H]1c1ccc(Cl)c(Cl)c1. The zero-order valence-electron chi connectivity index (χ0n) is 10.2. The molecule has 0 spiro atoms. The van der Waals surface area contributed by atoms with Crippen molar-refractivity contribution in [3.05, 3.63) is 33.8 Å². The standard InChI is InChI=1S/C13H12Cl2O4/c1-2-18-12(16)11-8(6-19-13(11)17)7-3-4-9(14)10(15)5-7/h3-5,8,11H,2,6H2,1H3/t8-,11-/m0/s1. The molecule has 1 heterocycles. The van der Waals surface area contributed by atoms with E-state index in [1.165, 1.54) is 0 Å². The molecule has 102 valence electrons. The van der Waals surface area contributed by atoms with E-state index in [0.717, 1.165) is 5.56 Å². The van der Waals surface area contributed by atoms with Crippen molar-refractivity contribution in [1.29, 1.82) is 0 Å². The van der Waals surface area contributed by atoms with Gasteiger partial charge in [0, 0.05) is 5.92 Å². The summed E-state index contributed by atoms with van der Waals surface area (Å²) in [5, 5.41) is 0.796. The smallest absolute Gasteiger partial charge is 0.321 e. The lowest BCUT2D eigenvalue weighted by Crippen LogP contribution is -2.26. The van der Waals surface area contributed by atoms with Crippen molar-refractivity contribution < 1.29 is 19.1 Å². The Morgan fingerprint density at radius 2 is 2.16 bits per heavy atom. The Hall–Kier alpha value is -1.26. The number of esters is 2. The number of ether oxygens (including phenoxy) is 2. The van der Waals surface area contributed by atoms with Crippen molar-refractivity contribution in [2.24, 2.45) is 5.92 Å². The minimum atomic E-state index is -0.933. The minimum absolute atomic E-state index is 0.139. The lowest BCUT2D eigenvalue weighted by atomic mass is 9.88. The van der Waals surface area contributed by atoms with Crippen molar-refractivity contribution in [3.8, 4) is 0 Å². The molecule has 2 atom stereocenters. The van der Waals surface area contributed by atoms with Crippen LogP contribution in [0.1, 0.15) is 18.4 Å². The highest BCUT2D eigenvalue weighted by Gasteiger charge is 2.44. The number of halogens is 2. The molecule has 1 fully saturated rings. The summed E-state index contributed by atoms with van der Waals surface area (Å²) in [6.07, 6.45) is 0. The van der Waals surface area contributed by atoms with Gasteiger partial charge < -0.3 is 9.47 Å². The van der Waals surface area contributed by atoms with E-state index in [1.807, 2.05) is 0 Å². The van der Waals surface area contributed by atoms with Crippen LogP contribution < -0.4 is 0 Å². The van der Waals surface area contributed by atoms with E-state index in [4.69, 9.17) is 32.7 Å². The van der Waals surface area contributed by atoms with Gasteiger partial charge in [-0.1, -0.05) is 29.3 Å². The molecule has 0 unspecified atom stereocenters. The maximum absolute atomic E-state index is 11.8. The van der Waals surface area contributed by atoms with E-state index in [1.54, 1.807) is 25.1 Å². The van der Waals surface area contributed by atoms with Crippen LogP contribution in [-0.4, -0.2) is 25.2 Å². The fraction of sp³-hybridized carbons (Fsp3) is 0.385. The first-order valence-corrected chi connectivity index (χ1v) is 6.58. The third kappa shape index (κ3) is 2.85. The van der Waals surface area contributed by atoms with Crippen molar-refractivity contribution >= 4 is 35.1 Å². The van der Waals surface area contributed by atoms with Crippen molar-refractivity contribution in [2.75, 3.05) is 13.2 Å². The molecule has 1 aliphatic heterocycles. The number of carbonyl (C=O) groups excluding carboxylic acids is 2. The summed E-state index contributed by atoms with van der Waals surface area (Å²) in [5.74, 6) is -2.45. The molecule has 0 saturated carbocycles. The highest BCUT2D eigenvalue weighted by molar-refractivity contribution is 6.42. The minimum Gasteiger partial charge on any atom is -0.465 e. The molecule has 0 radical (unpaired) electrons. The zero-order valence-corrected chi connectivity index (χ0v) is 11.7. The largest absolute Gasteiger partial charge is 0.465 e. The van der Waals surface area contributed by atoms with Gasteiger partial charge in [-0.15, -0.1) is 0 Å². The number of hydrogen-bond donors (Lipinski definition) is 0. The maximum Gasteiger partial charge on any atom is 0.321 e. The van der Waals surface area contributed by atoms with Crippen molar-refractivity contribution in [3.63, 3.8) is 0 Å². The second-order valence-corrected chi connectivity index (χ2v) is 4.95. The van der Waals surface area contributed by atoms with Crippen LogP contribution in [0.25, 0.3) is 0 Å². The fourth-order valence-corrected chi connectivity index (χ4v) is 2.35. The topological polar surface area (TPSA) is 52.6 Å². The third-order valence-corrected chi connectivity index (χ3v) is 3.71. The lowest BCUT2D eigenvalue weighted by molar-refractivity contribution is -0.155. The first-order valence-electron chi connectivity index (χ1n) is 5.82. The summed E-state index contributed by atoms with van der Waals surface area (Å²) in [6, 6.07) is 5.00. The first-order chi connectivity index (χ1) is 9.04. The van der Waals surface area contributed by atoms with Crippen molar-refractivity contribution in [2.45, 2.75) is 12.8 Å². The van der Waals surface area contributed by atoms with Gasteiger partial charge in [-0.05, 0) is 24.6 Å². The summed E-state index contributed by atoms with van der Waals surface area (Å²) in [4.78, 5) is 23.5. The molecule has 0 N–H and O–H groups in total. The van der Waals surface area contributed by atoms with E-state index in [2.05, 4.69) is 0 Å². The highest BCUT2D eigenvalue weighted by atomic mass is 35.5. The van der Waals surface area contributed by atoms with Gasteiger partial charge in [0.2, 0.25) is 0 Å². The molecular formula is C13H12Cl2O4. The summed E-state index contributed by atoms with van der Waals surface area (Å²) in [6.45, 7) is 2.04. The van der Waals surface area contributed by atoms with Gasteiger partial charge >= 0.3 is 11.9 Å². The number of carbonyl (C=O) groups is 2. The molecule has 6 heteroatoms. The summed E-state index contributed by atoms with van der Waals surface area (Å²) < 4.78 is 9.86. The van der Waals surface area contributed by atoms with Gasteiger partial charge in [0.05, 0.1) is 23.3 Å². The number of hydrogen-bond acceptors (Lipinski definition) is 4. The van der Waals surface area contributed by atoms with E-state index in [-0.39, 0.29) is 19.1 Å².